The van der Waals surface area contributed by atoms with E-state index >= 15 is 0 Å². The van der Waals surface area contributed by atoms with Crippen molar-refractivity contribution in [3.8, 4) is 0 Å². The van der Waals surface area contributed by atoms with Crippen molar-refractivity contribution in [2.75, 3.05) is 6.54 Å². The zero-order chi connectivity index (χ0) is 16.2. The van der Waals surface area contributed by atoms with Gasteiger partial charge in [0.15, 0.2) is 0 Å². The van der Waals surface area contributed by atoms with Gasteiger partial charge in [0.25, 0.3) is 5.56 Å². The third-order valence-electron chi connectivity index (χ3n) is 4.11. The molecular formula is C19H21N3O. The SMILES string of the molecule is CC(NCCc1ccccc1)c1nc2ccccc2c(=O)n1C. The lowest BCUT2D eigenvalue weighted by molar-refractivity contribution is 0.523. The number of hydrogen-bond acceptors (Lipinski definition) is 3. The van der Waals surface area contributed by atoms with E-state index in [2.05, 4.69) is 22.4 Å². The quantitative estimate of drug-likeness (QED) is 0.788. The molecule has 0 saturated carbocycles. The van der Waals surface area contributed by atoms with E-state index in [4.69, 9.17) is 0 Å². The summed E-state index contributed by atoms with van der Waals surface area (Å²) in [6.45, 7) is 2.88. The Morgan fingerprint density at radius 2 is 1.78 bits per heavy atom. The van der Waals surface area contributed by atoms with E-state index in [1.165, 1.54) is 5.56 Å². The highest BCUT2D eigenvalue weighted by Gasteiger charge is 2.13. The zero-order valence-corrected chi connectivity index (χ0v) is 13.5. The predicted octanol–water partition coefficient (Wildman–Crippen LogP) is 2.83. The minimum absolute atomic E-state index is 0.00214. The van der Waals surface area contributed by atoms with Gasteiger partial charge in [-0.15, -0.1) is 0 Å². The molecule has 1 aromatic heterocycles. The smallest absolute Gasteiger partial charge is 0.261 e. The maximum Gasteiger partial charge on any atom is 0.261 e. The Balaban J connectivity index is 1.77. The third kappa shape index (κ3) is 3.32. The molecule has 23 heavy (non-hydrogen) atoms. The molecule has 3 aromatic rings. The van der Waals surface area contributed by atoms with Crippen molar-refractivity contribution in [3.63, 3.8) is 0 Å². The summed E-state index contributed by atoms with van der Waals surface area (Å²) in [7, 11) is 1.78. The highest BCUT2D eigenvalue weighted by Crippen LogP contribution is 2.12. The van der Waals surface area contributed by atoms with Crippen LogP contribution in [-0.4, -0.2) is 16.1 Å². The van der Waals surface area contributed by atoms with Crippen molar-refractivity contribution in [1.82, 2.24) is 14.9 Å². The van der Waals surface area contributed by atoms with Gasteiger partial charge in [-0.1, -0.05) is 42.5 Å². The van der Waals surface area contributed by atoms with Crippen LogP contribution in [0.5, 0.6) is 0 Å². The van der Waals surface area contributed by atoms with E-state index in [0.29, 0.717) is 5.39 Å². The van der Waals surface area contributed by atoms with Crippen molar-refractivity contribution in [2.45, 2.75) is 19.4 Å². The first kappa shape index (κ1) is 15.4. The molecular weight excluding hydrogens is 286 g/mol. The minimum atomic E-state index is 0.00214. The van der Waals surface area contributed by atoms with Gasteiger partial charge in [-0.3, -0.25) is 9.36 Å². The van der Waals surface area contributed by atoms with E-state index in [1.807, 2.05) is 49.4 Å². The van der Waals surface area contributed by atoms with Gasteiger partial charge in [-0.2, -0.15) is 0 Å². The Labute approximate surface area is 135 Å². The number of rotatable bonds is 5. The topological polar surface area (TPSA) is 46.9 Å². The molecule has 0 amide bonds. The summed E-state index contributed by atoms with van der Waals surface area (Å²) in [5.41, 5.74) is 2.05. The second kappa shape index (κ2) is 6.75. The molecule has 4 nitrogen and oxygen atoms in total. The summed E-state index contributed by atoms with van der Waals surface area (Å²) in [6, 6.07) is 17.9. The third-order valence-corrected chi connectivity index (χ3v) is 4.11. The molecule has 1 heterocycles. The molecule has 0 aliphatic heterocycles. The van der Waals surface area contributed by atoms with E-state index < -0.39 is 0 Å². The molecule has 0 bridgehead atoms. The Morgan fingerprint density at radius 1 is 1.09 bits per heavy atom. The number of benzene rings is 2. The molecule has 1 unspecified atom stereocenters. The van der Waals surface area contributed by atoms with Crippen molar-refractivity contribution in [1.29, 1.82) is 0 Å². The lowest BCUT2D eigenvalue weighted by Crippen LogP contribution is -2.30. The van der Waals surface area contributed by atoms with Crippen LogP contribution in [0.4, 0.5) is 0 Å². The first-order valence-electron chi connectivity index (χ1n) is 7.90. The van der Waals surface area contributed by atoms with Gasteiger partial charge in [-0.05, 0) is 37.6 Å². The molecule has 0 spiro atoms. The standard InChI is InChI=1S/C19H21N3O/c1-14(20-13-12-15-8-4-3-5-9-15)18-21-17-11-7-6-10-16(17)19(23)22(18)2/h3-11,14,20H,12-13H2,1-2H3. The highest BCUT2D eigenvalue weighted by atomic mass is 16.1. The zero-order valence-electron chi connectivity index (χ0n) is 13.5. The van der Waals surface area contributed by atoms with E-state index in [-0.39, 0.29) is 11.6 Å². The second-order valence-corrected chi connectivity index (χ2v) is 5.76. The fourth-order valence-electron chi connectivity index (χ4n) is 2.79. The highest BCUT2D eigenvalue weighted by molar-refractivity contribution is 5.77. The second-order valence-electron chi connectivity index (χ2n) is 5.76. The van der Waals surface area contributed by atoms with Crippen LogP contribution in [0.25, 0.3) is 10.9 Å². The molecule has 1 atom stereocenters. The fraction of sp³-hybridized carbons (Fsp3) is 0.263. The summed E-state index contributed by atoms with van der Waals surface area (Å²) < 4.78 is 1.64. The van der Waals surface area contributed by atoms with Gasteiger partial charge in [0.05, 0.1) is 16.9 Å². The number of para-hydroxylation sites is 1. The van der Waals surface area contributed by atoms with E-state index in [1.54, 1.807) is 11.6 Å². The van der Waals surface area contributed by atoms with E-state index in [9.17, 15) is 4.79 Å². The number of nitrogens with one attached hydrogen (secondary N) is 1. The number of aromatic nitrogens is 2. The Morgan fingerprint density at radius 3 is 2.57 bits per heavy atom. The van der Waals surface area contributed by atoms with Crippen molar-refractivity contribution in [2.24, 2.45) is 7.05 Å². The maximum atomic E-state index is 12.4. The van der Waals surface area contributed by atoms with Crippen LogP contribution in [0, 0.1) is 0 Å². The monoisotopic (exact) mass is 307 g/mol. The Bertz CT molecular complexity index is 855. The molecule has 0 radical (unpaired) electrons. The maximum absolute atomic E-state index is 12.4. The largest absolute Gasteiger partial charge is 0.307 e. The fourth-order valence-corrected chi connectivity index (χ4v) is 2.79. The Kier molecular flexibility index (Phi) is 4.53. The lowest BCUT2D eigenvalue weighted by atomic mass is 10.1. The van der Waals surface area contributed by atoms with Crippen molar-refractivity contribution >= 4 is 10.9 Å². The summed E-state index contributed by atoms with van der Waals surface area (Å²) >= 11 is 0. The predicted molar refractivity (Wildman–Crippen MR) is 93.5 cm³/mol. The number of nitrogens with zero attached hydrogens (tertiary/aromatic N) is 2. The van der Waals surface area contributed by atoms with Gasteiger partial charge in [-0.25, -0.2) is 4.98 Å². The summed E-state index contributed by atoms with van der Waals surface area (Å²) in [5.74, 6) is 0.766. The van der Waals surface area contributed by atoms with Crippen LogP contribution in [0.2, 0.25) is 0 Å². The summed E-state index contributed by atoms with van der Waals surface area (Å²) in [4.78, 5) is 17.1. The van der Waals surface area contributed by atoms with Crippen LogP contribution in [-0.2, 0) is 13.5 Å². The van der Waals surface area contributed by atoms with Gasteiger partial charge >= 0.3 is 0 Å². The molecule has 4 heteroatoms. The van der Waals surface area contributed by atoms with Crippen LogP contribution in [0.15, 0.2) is 59.4 Å². The van der Waals surface area contributed by atoms with Gasteiger partial charge in [0.1, 0.15) is 5.82 Å². The number of fused-ring (bicyclic) bond motifs is 1. The molecule has 3 rings (SSSR count). The molecule has 1 N–H and O–H groups in total. The molecule has 0 fully saturated rings. The first-order valence-corrected chi connectivity index (χ1v) is 7.90. The average Bonchev–Trinajstić information content (AvgIpc) is 2.59. The van der Waals surface area contributed by atoms with E-state index in [0.717, 1.165) is 24.3 Å². The van der Waals surface area contributed by atoms with Crippen LogP contribution in [0.3, 0.4) is 0 Å². The van der Waals surface area contributed by atoms with Gasteiger partial charge in [0.2, 0.25) is 0 Å². The van der Waals surface area contributed by atoms with Crippen molar-refractivity contribution in [3.05, 3.63) is 76.3 Å². The van der Waals surface area contributed by atoms with Crippen LogP contribution in [0.1, 0.15) is 24.4 Å². The molecule has 0 aliphatic carbocycles. The first-order chi connectivity index (χ1) is 11.2. The average molecular weight is 307 g/mol. The lowest BCUT2D eigenvalue weighted by Gasteiger charge is -2.17. The van der Waals surface area contributed by atoms with Crippen LogP contribution < -0.4 is 10.9 Å². The molecule has 118 valence electrons. The molecule has 0 aliphatic rings. The van der Waals surface area contributed by atoms with Crippen molar-refractivity contribution < 1.29 is 0 Å². The molecule has 2 aromatic carbocycles. The van der Waals surface area contributed by atoms with Crippen LogP contribution >= 0.6 is 0 Å². The number of hydrogen-bond donors (Lipinski definition) is 1. The molecule has 0 saturated heterocycles. The summed E-state index contributed by atoms with van der Waals surface area (Å²) in [5, 5.41) is 4.12. The summed E-state index contributed by atoms with van der Waals surface area (Å²) in [6.07, 6.45) is 0.951. The Hall–Kier alpha value is -2.46. The van der Waals surface area contributed by atoms with Gasteiger partial charge in [0, 0.05) is 7.05 Å². The normalized spacial score (nSPS) is 12.4. The van der Waals surface area contributed by atoms with Gasteiger partial charge < -0.3 is 5.32 Å². The minimum Gasteiger partial charge on any atom is -0.307 e.